The van der Waals surface area contributed by atoms with Gasteiger partial charge in [-0.05, 0) is 83.2 Å². The van der Waals surface area contributed by atoms with Crippen molar-refractivity contribution in [3.8, 4) is 17.1 Å². The Balaban J connectivity index is 1.98. The largest absolute Gasteiger partial charge is 0.494 e. The van der Waals surface area contributed by atoms with Crippen LogP contribution in [0.25, 0.3) is 22.3 Å². The summed E-state index contributed by atoms with van der Waals surface area (Å²) < 4.78 is 8.29. The molecule has 2 aromatic carbocycles. The van der Waals surface area contributed by atoms with E-state index in [2.05, 4.69) is 40.9 Å². The van der Waals surface area contributed by atoms with Crippen LogP contribution < -0.4 is 10.3 Å². The van der Waals surface area contributed by atoms with Crippen LogP contribution in [0.4, 0.5) is 0 Å². The van der Waals surface area contributed by atoms with Crippen molar-refractivity contribution in [2.24, 2.45) is 5.10 Å². The molecule has 0 atom stereocenters. The number of hydrogen-bond acceptors (Lipinski definition) is 5. The van der Waals surface area contributed by atoms with Crippen molar-refractivity contribution in [3.63, 3.8) is 0 Å². The van der Waals surface area contributed by atoms with Gasteiger partial charge in [-0.15, -0.1) is 11.3 Å². The summed E-state index contributed by atoms with van der Waals surface area (Å²) >= 11 is 5.02. The average molecular weight is 510 g/mol. The minimum atomic E-state index is -0.197. The summed E-state index contributed by atoms with van der Waals surface area (Å²) in [5, 5.41) is 5.10. The molecule has 0 aliphatic heterocycles. The molecule has 32 heavy (non-hydrogen) atoms. The van der Waals surface area contributed by atoms with Crippen molar-refractivity contribution in [2.75, 3.05) is 6.61 Å². The van der Waals surface area contributed by atoms with E-state index in [0.717, 1.165) is 31.1 Å². The van der Waals surface area contributed by atoms with Gasteiger partial charge >= 0.3 is 0 Å². The van der Waals surface area contributed by atoms with Gasteiger partial charge in [0.1, 0.15) is 5.75 Å². The van der Waals surface area contributed by atoms with Crippen LogP contribution in [0.15, 0.2) is 62.2 Å². The molecule has 0 bridgehead atoms. The van der Waals surface area contributed by atoms with Crippen molar-refractivity contribution in [1.82, 2.24) is 9.66 Å². The van der Waals surface area contributed by atoms with Gasteiger partial charge in [-0.25, -0.2) is 4.98 Å². The van der Waals surface area contributed by atoms with E-state index in [4.69, 9.17) is 9.72 Å². The van der Waals surface area contributed by atoms with E-state index in [9.17, 15) is 4.79 Å². The van der Waals surface area contributed by atoms with Crippen molar-refractivity contribution >= 4 is 44.4 Å². The fraction of sp³-hybridized carbons (Fsp3) is 0.240. The summed E-state index contributed by atoms with van der Waals surface area (Å²) in [6, 6.07) is 15.4. The molecule has 0 amide bonds. The Morgan fingerprint density at radius 1 is 1.22 bits per heavy atom. The molecule has 0 radical (unpaired) electrons. The van der Waals surface area contributed by atoms with E-state index in [0.29, 0.717) is 23.3 Å². The minimum Gasteiger partial charge on any atom is -0.494 e. The lowest BCUT2D eigenvalue weighted by Gasteiger charge is -2.18. The van der Waals surface area contributed by atoms with Crippen LogP contribution in [-0.2, 0) is 0 Å². The molecule has 0 aliphatic carbocycles. The van der Waals surface area contributed by atoms with Gasteiger partial charge in [0.15, 0.2) is 5.82 Å². The molecule has 0 spiro atoms. The van der Waals surface area contributed by atoms with Crippen molar-refractivity contribution in [2.45, 2.75) is 33.6 Å². The first-order chi connectivity index (χ1) is 15.4. The molecule has 7 heteroatoms. The van der Waals surface area contributed by atoms with Crippen molar-refractivity contribution in [3.05, 3.63) is 78.7 Å². The van der Waals surface area contributed by atoms with Gasteiger partial charge in [0.25, 0.3) is 5.56 Å². The molecule has 0 N–H and O–H groups in total. The number of para-hydroxylation sites is 1. The second-order valence-corrected chi connectivity index (χ2v) is 10.2. The monoisotopic (exact) mass is 509 g/mol. The zero-order valence-electron chi connectivity index (χ0n) is 18.4. The smallest absolute Gasteiger partial charge is 0.282 e. The summed E-state index contributed by atoms with van der Waals surface area (Å²) in [5.74, 6) is 1.64. The molecule has 5 nitrogen and oxygen atoms in total. The summed E-state index contributed by atoms with van der Waals surface area (Å²) in [5.41, 5.74) is 3.37. The maximum atomic E-state index is 13.4. The Bertz CT molecular complexity index is 1370. The molecule has 0 saturated heterocycles. The lowest BCUT2D eigenvalue weighted by Crippen LogP contribution is -2.20. The quantitative estimate of drug-likeness (QED) is 0.275. The number of fused-ring (bicyclic) bond motifs is 1. The third-order valence-corrected chi connectivity index (χ3v) is 6.73. The zero-order valence-corrected chi connectivity index (χ0v) is 20.8. The van der Waals surface area contributed by atoms with Gasteiger partial charge in [0.05, 0.1) is 27.5 Å². The van der Waals surface area contributed by atoms with Crippen LogP contribution in [0, 0.1) is 6.92 Å². The Hall–Kier alpha value is -2.77. The number of benzene rings is 2. The molecule has 4 aromatic rings. The lowest BCUT2D eigenvalue weighted by atomic mass is 9.96. The van der Waals surface area contributed by atoms with Gasteiger partial charge in [-0.3, -0.25) is 4.79 Å². The van der Waals surface area contributed by atoms with Gasteiger partial charge in [-0.2, -0.15) is 9.78 Å². The van der Waals surface area contributed by atoms with Gasteiger partial charge in [0, 0.05) is 10.4 Å². The molecule has 164 valence electrons. The molecule has 2 aromatic heterocycles. The number of nitrogens with zero attached hydrogens (tertiary/aromatic N) is 3. The van der Waals surface area contributed by atoms with E-state index in [1.807, 2.05) is 50.2 Å². The molecule has 0 aliphatic rings. The van der Waals surface area contributed by atoms with E-state index in [1.165, 1.54) is 4.68 Å². The SMILES string of the molecule is CCOc1cc(C)c(-c2nc3ccccc3c(=O)n2N=Cc2ccc(Br)s2)cc1C(C)C. The molecular weight excluding hydrogens is 486 g/mol. The summed E-state index contributed by atoms with van der Waals surface area (Å²) in [6.45, 7) is 8.84. The Labute approximate surface area is 199 Å². The number of aromatic nitrogens is 2. The summed E-state index contributed by atoms with van der Waals surface area (Å²) in [6.07, 6.45) is 1.70. The van der Waals surface area contributed by atoms with Crippen LogP contribution in [-0.4, -0.2) is 22.5 Å². The van der Waals surface area contributed by atoms with Crippen molar-refractivity contribution < 1.29 is 4.74 Å². The first kappa shape index (κ1) is 22.4. The van der Waals surface area contributed by atoms with Crippen LogP contribution in [0.2, 0.25) is 0 Å². The first-order valence-electron chi connectivity index (χ1n) is 10.5. The van der Waals surface area contributed by atoms with Crippen LogP contribution in [0.3, 0.4) is 0 Å². The Morgan fingerprint density at radius 3 is 2.69 bits per heavy atom. The fourth-order valence-corrected chi connectivity index (χ4v) is 4.88. The molecule has 0 unspecified atom stereocenters. The van der Waals surface area contributed by atoms with Gasteiger partial charge in [0.2, 0.25) is 0 Å². The second kappa shape index (κ2) is 9.38. The summed E-state index contributed by atoms with van der Waals surface area (Å²) in [7, 11) is 0. The van der Waals surface area contributed by atoms with Gasteiger partial charge in [-0.1, -0.05) is 26.0 Å². The highest BCUT2D eigenvalue weighted by molar-refractivity contribution is 9.11. The molecule has 4 rings (SSSR count). The number of thiophene rings is 1. The van der Waals surface area contributed by atoms with Crippen LogP contribution >= 0.6 is 27.3 Å². The Morgan fingerprint density at radius 2 is 2.00 bits per heavy atom. The van der Waals surface area contributed by atoms with E-state index in [-0.39, 0.29) is 11.5 Å². The minimum absolute atomic E-state index is 0.197. The molecule has 0 fully saturated rings. The molecule has 0 saturated carbocycles. The lowest BCUT2D eigenvalue weighted by molar-refractivity contribution is 0.335. The number of aryl methyl sites for hydroxylation is 1. The average Bonchev–Trinajstić information content (AvgIpc) is 3.18. The van der Waals surface area contributed by atoms with Crippen molar-refractivity contribution in [1.29, 1.82) is 0 Å². The topological polar surface area (TPSA) is 56.5 Å². The van der Waals surface area contributed by atoms with Gasteiger partial charge < -0.3 is 4.74 Å². The third-order valence-electron chi connectivity index (χ3n) is 5.17. The zero-order chi connectivity index (χ0) is 22.8. The van der Waals surface area contributed by atoms with Crippen LogP contribution in [0.1, 0.15) is 42.7 Å². The van der Waals surface area contributed by atoms with E-state index < -0.39 is 0 Å². The highest BCUT2D eigenvalue weighted by Crippen LogP contribution is 2.34. The number of hydrogen-bond donors (Lipinski definition) is 0. The maximum Gasteiger partial charge on any atom is 0.282 e. The van der Waals surface area contributed by atoms with E-state index in [1.54, 1.807) is 23.6 Å². The first-order valence-corrected chi connectivity index (χ1v) is 12.1. The number of halogens is 1. The highest BCUT2D eigenvalue weighted by atomic mass is 79.9. The third kappa shape index (κ3) is 4.40. The Kier molecular flexibility index (Phi) is 6.58. The normalized spacial score (nSPS) is 11.7. The highest BCUT2D eigenvalue weighted by Gasteiger charge is 2.18. The second-order valence-electron chi connectivity index (χ2n) is 7.75. The number of ether oxygens (including phenoxy) is 1. The maximum absolute atomic E-state index is 13.4. The summed E-state index contributed by atoms with van der Waals surface area (Å²) in [4.78, 5) is 19.2. The van der Waals surface area contributed by atoms with Crippen LogP contribution in [0.5, 0.6) is 5.75 Å². The molecule has 2 heterocycles. The fourth-order valence-electron chi connectivity index (χ4n) is 3.59. The predicted octanol–water partition coefficient (Wildman–Crippen LogP) is 6.60. The number of rotatable bonds is 6. The molecular formula is C25H24BrN3O2S. The predicted molar refractivity (Wildman–Crippen MR) is 136 cm³/mol. The van der Waals surface area contributed by atoms with E-state index >= 15 is 0 Å². The standard InChI is InChI=1S/C25H24BrN3O2S/c1-5-31-22-12-16(4)20(13-19(22)15(2)3)24-28-21-9-7-6-8-18(21)25(30)29(24)27-14-17-10-11-23(26)32-17/h6-15H,5H2,1-4H3.